The lowest BCUT2D eigenvalue weighted by molar-refractivity contribution is -0.218. The number of fused-ring (bicyclic) bond motifs is 2. The first-order valence-corrected chi connectivity index (χ1v) is 16.9. The largest absolute Gasteiger partial charge is 0.461 e. The van der Waals surface area contributed by atoms with Gasteiger partial charge >= 0.3 is 5.97 Å². The minimum atomic E-state index is -0.912. The molecule has 0 radical (unpaired) electrons. The molecule has 5 aliphatic carbocycles. The van der Waals surface area contributed by atoms with Crippen LogP contribution in [0.5, 0.6) is 0 Å². The summed E-state index contributed by atoms with van der Waals surface area (Å²) in [6.45, 7) is 18.9. The average molecular weight is 590 g/mol. The Hall–Kier alpha value is -0.730. The van der Waals surface area contributed by atoms with Crippen molar-refractivity contribution in [2.24, 2.45) is 56.5 Å². The average Bonchev–Trinajstić information content (AvgIpc) is 3.22. The molecule has 1 saturated heterocycles. The van der Waals surface area contributed by atoms with Gasteiger partial charge in [0.05, 0.1) is 29.5 Å². The first-order valence-electron chi connectivity index (χ1n) is 16.9. The number of carbonyl (C=O) groups excluding carboxylic acids is 1. The van der Waals surface area contributed by atoms with Crippen LogP contribution in [0.25, 0.3) is 0 Å². The topological polar surface area (TPSA) is 122 Å². The molecule has 0 aromatic rings. The third-order valence-corrected chi connectivity index (χ3v) is 15.0. The van der Waals surface area contributed by atoms with Crippen LogP contribution in [0.2, 0.25) is 0 Å². The highest BCUT2D eigenvalue weighted by molar-refractivity contribution is 5.76. The van der Waals surface area contributed by atoms with Gasteiger partial charge in [0.1, 0.15) is 12.1 Å². The Labute approximate surface area is 253 Å². The molecular formula is C35H59NO6. The van der Waals surface area contributed by atoms with Gasteiger partial charge < -0.3 is 30.5 Å². The van der Waals surface area contributed by atoms with Gasteiger partial charge in [-0.3, -0.25) is 4.79 Å². The second kappa shape index (κ2) is 9.18. The Bertz CT molecular complexity index is 1120. The number of rotatable bonds is 5. The summed E-state index contributed by atoms with van der Waals surface area (Å²) < 4.78 is 12.8. The Kier molecular flexibility index (Phi) is 6.83. The quantitative estimate of drug-likeness (QED) is 0.334. The zero-order chi connectivity index (χ0) is 31.1. The van der Waals surface area contributed by atoms with E-state index in [2.05, 4.69) is 34.6 Å². The molecule has 5 saturated carbocycles. The molecule has 0 aromatic carbocycles. The highest BCUT2D eigenvalue weighted by Crippen LogP contribution is 2.89. The molecular weight excluding hydrogens is 530 g/mol. The Morgan fingerprint density at radius 2 is 1.60 bits per heavy atom. The summed E-state index contributed by atoms with van der Waals surface area (Å²) in [6.07, 6.45) is 6.74. The van der Waals surface area contributed by atoms with E-state index in [1.54, 1.807) is 0 Å². The summed E-state index contributed by atoms with van der Waals surface area (Å²) in [5.74, 6) is 0.0783. The summed E-state index contributed by atoms with van der Waals surface area (Å²) in [7, 11) is 0. The third-order valence-electron chi connectivity index (χ3n) is 15.0. The fraction of sp³-hybridized carbons (Fsp3) is 0.971. The first-order chi connectivity index (χ1) is 19.2. The van der Waals surface area contributed by atoms with Gasteiger partial charge in [-0.2, -0.15) is 0 Å². The molecule has 5 N–H and O–H groups in total. The zero-order valence-corrected chi connectivity index (χ0v) is 27.7. The lowest BCUT2D eigenvalue weighted by Gasteiger charge is -2.64. The SMILES string of the molecule is CC(C)C(N)C(=O)O[C@H]1CCC23C[C@]24CC[C@]2(C)[C@@H]([C@@]5(C)CC[C@@H](C(C)(C)O)O5)[C@@H](O)C[C@@]2(C)C4C[C@H](O)[C@H]3C1(C)C. The normalized spacial score (nSPS) is 53.5. The van der Waals surface area contributed by atoms with E-state index < -0.39 is 29.5 Å². The Balaban J connectivity index is 1.29. The van der Waals surface area contributed by atoms with Crippen LogP contribution in [0.1, 0.15) is 120 Å². The standard InChI is InChI=1S/C35H59NO6/c1-19(2)25(36)28(39)41-23-11-13-35-18-34(35)15-14-31(7)27(33(9)12-10-24(42-33)30(5,6)40)21(38)17-32(31,8)22(34)16-20(37)26(35)29(23,3)4/h19-27,37-38,40H,10-18,36H2,1-9H3/t20-,21-,22?,23-,24-,25?,26-,27-,31+,32-,33+,34-,35?/m0/s1. The van der Waals surface area contributed by atoms with E-state index in [4.69, 9.17) is 15.2 Å². The lowest BCUT2D eigenvalue weighted by Crippen LogP contribution is -2.62. The monoisotopic (exact) mass is 589 g/mol. The lowest BCUT2D eigenvalue weighted by atomic mass is 9.41. The van der Waals surface area contributed by atoms with Gasteiger partial charge in [0.25, 0.3) is 0 Å². The molecule has 6 aliphatic rings. The number of ether oxygens (including phenoxy) is 2. The number of hydrogen-bond donors (Lipinski definition) is 4. The van der Waals surface area contributed by atoms with Crippen molar-refractivity contribution in [3.8, 4) is 0 Å². The number of carbonyl (C=O) groups is 1. The van der Waals surface area contributed by atoms with Crippen molar-refractivity contribution in [2.45, 2.75) is 162 Å². The first kappa shape index (κ1) is 31.3. The molecule has 3 unspecified atom stereocenters. The van der Waals surface area contributed by atoms with Crippen LogP contribution < -0.4 is 5.73 Å². The molecule has 1 heterocycles. The van der Waals surface area contributed by atoms with Crippen LogP contribution in [0, 0.1) is 50.7 Å². The Morgan fingerprint density at radius 1 is 0.929 bits per heavy atom. The van der Waals surface area contributed by atoms with Gasteiger partial charge in [0, 0.05) is 11.3 Å². The van der Waals surface area contributed by atoms with E-state index in [0.29, 0.717) is 5.92 Å². The second-order valence-corrected chi connectivity index (χ2v) is 18.1. The number of nitrogens with two attached hydrogens (primary N) is 1. The fourth-order valence-corrected chi connectivity index (χ4v) is 12.8. The minimum absolute atomic E-state index is 0.0129. The van der Waals surface area contributed by atoms with Crippen molar-refractivity contribution >= 4 is 5.97 Å². The van der Waals surface area contributed by atoms with Gasteiger partial charge in [-0.25, -0.2) is 0 Å². The van der Waals surface area contributed by atoms with Gasteiger partial charge in [0.2, 0.25) is 0 Å². The molecule has 240 valence electrons. The van der Waals surface area contributed by atoms with Crippen LogP contribution in [-0.2, 0) is 14.3 Å². The van der Waals surface area contributed by atoms with Crippen molar-refractivity contribution < 1.29 is 29.6 Å². The highest BCUT2D eigenvalue weighted by atomic mass is 16.5. The molecule has 7 nitrogen and oxygen atoms in total. The van der Waals surface area contributed by atoms with E-state index >= 15 is 0 Å². The number of aliphatic hydroxyl groups is 3. The molecule has 0 aromatic heterocycles. The van der Waals surface area contributed by atoms with Crippen molar-refractivity contribution in [1.29, 1.82) is 0 Å². The fourth-order valence-electron chi connectivity index (χ4n) is 12.8. The molecule has 2 spiro atoms. The van der Waals surface area contributed by atoms with E-state index in [9.17, 15) is 20.1 Å². The summed E-state index contributed by atoms with van der Waals surface area (Å²) >= 11 is 0. The van der Waals surface area contributed by atoms with Crippen molar-refractivity contribution in [3.63, 3.8) is 0 Å². The van der Waals surface area contributed by atoms with E-state index in [0.717, 1.165) is 57.8 Å². The molecule has 6 fully saturated rings. The second-order valence-electron chi connectivity index (χ2n) is 18.1. The molecule has 0 bridgehead atoms. The summed E-state index contributed by atoms with van der Waals surface area (Å²) in [6, 6.07) is -0.633. The van der Waals surface area contributed by atoms with Crippen LogP contribution in [0.15, 0.2) is 0 Å². The van der Waals surface area contributed by atoms with E-state index in [1.165, 1.54) is 0 Å². The maximum absolute atomic E-state index is 12.9. The van der Waals surface area contributed by atoms with E-state index in [1.807, 2.05) is 27.7 Å². The maximum Gasteiger partial charge on any atom is 0.323 e. The van der Waals surface area contributed by atoms with Crippen LogP contribution in [0.4, 0.5) is 0 Å². The molecule has 6 rings (SSSR count). The van der Waals surface area contributed by atoms with Gasteiger partial charge in [-0.15, -0.1) is 0 Å². The third kappa shape index (κ3) is 3.85. The molecule has 42 heavy (non-hydrogen) atoms. The van der Waals surface area contributed by atoms with Crippen LogP contribution >= 0.6 is 0 Å². The summed E-state index contributed by atoms with van der Waals surface area (Å²) in [4.78, 5) is 12.9. The van der Waals surface area contributed by atoms with Crippen molar-refractivity contribution in [2.75, 3.05) is 0 Å². The predicted octanol–water partition coefficient (Wildman–Crippen LogP) is 4.97. The molecule has 7 heteroatoms. The van der Waals surface area contributed by atoms with Gasteiger partial charge in [0.15, 0.2) is 0 Å². The summed E-state index contributed by atoms with van der Waals surface area (Å²) in [5, 5.41) is 34.7. The molecule has 13 atom stereocenters. The zero-order valence-electron chi connectivity index (χ0n) is 27.7. The van der Waals surface area contributed by atoms with Crippen LogP contribution in [0.3, 0.4) is 0 Å². The number of hydrogen-bond acceptors (Lipinski definition) is 7. The van der Waals surface area contributed by atoms with E-state index in [-0.39, 0.29) is 63.0 Å². The van der Waals surface area contributed by atoms with Crippen LogP contribution in [-0.4, -0.2) is 62.9 Å². The molecule has 1 aliphatic heterocycles. The number of esters is 1. The predicted molar refractivity (Wildman–Crippen MR) is 161 cm³/mol. The van der Waals surface area contributed by atoms with Gasteiger partial charge in [-0.05, 0) is 118 Å². The smallest absolute Gasteiger partial charge is 0.323 e. The maximum atomic E-state index is 12.9. The summed E-state index contributed by atoms with van der Waals surface area (Å²) in [5.41, 5.74) is 4.37. The Morgan fingerprint density at radius 3 is 2.19 bits per heavy atom. The minimum Gasteiger partial charge on any atom is -0.461 e. The molecule has 0 amide bonds. The van der Waals surface area contributed by atoms with Crippen molar-refractivity contribution in [1.82, 2.24) is 0 Å². The van der Waals surface area contributed by atoms with Gasteiger partial charge in [-0.1, -0.05) is 41.5 Å². The highest BCUT2D eigenvalue weighted by Gasteiger charge is 2.85. The van der Waals surface area contributed by atoms with Crippen molar-refractivity contribution in [3.05, 3.63) is 0 Å². The number of aliphatic hydroxyl groups excluding tert-OH is 2.